The molecule has 2 rings (SSSR count). The average Bonchev–Trinajstić information content (AvgIpc) is 2.16. The first-order valence-electron chi connectivity index (χ1n) is 5.06. The Morgan fingerprint density at radius 1 is 1.60 bits per heavy atom. The van der Waals surface area contributed by atoms with Crippen molar-refractivity contribution < 1.29 is 9.53 Å². The molecule has 1 aromatic rings. The van der Waals surface area contributed by atoms with Crippen LogP contribution in [0.2, 0.25) is 0 Å². The zero-order valence-corrected chi connectivity index (χ0v) is 8.91. The summed E-state index contributed by atoms with van der Waals surface area (Å²) in [4.78, 5) is 15.3. The summed E-state index contributed by atoms with van der Waals surface area (Å²) in [5.74, 6) is 0.971. The van der Waals surface area contributed by atoms with E-state index in [2.05, 4.69) is 24.1 Å². The number of carbonyl (C=O) groups excluding carboxylic acids is 1. The highest BCUT2D eigenvalue weighted by Gasteiger charge is 2.17. The summed E-state index contributed by atoms with van der Waals surface area (Å²) in [6, 6.07) is 1.93. The maximum atomic E-state index is 11.1. The maximum Gasteiger partial charge on any atom is 0.262 e. The second-order valence-electron chi connectivity index (χ2n) is 4.13. The second-order valence-corrected chi connectivity index (χ2v) is 4.13. The summed E-state index contributed by atoms with van der Waals surface area (Å²) in [6.45, 7) is 4.35. The van der Waals surface area contributed by atoms with Gasteiger partial charge in [-0.2, -0.15) is 0 Å². The number of hydrogen-bond acceptors (Lipinski definition) is 3. The minimum absolute atomic E-state index is 0.0591. The third-order valence-electron chi connectivity index (χ3n) is 2.17. The van der Waals surface area contributed by atoms with Gasteiger partial charge in [-0.1, -0.05) is 13.8 Å². The van der Waals surface area contributed by atoms with Crippen molar-refractivity contribution in [3.05, 3.63) is 17.8 Å². The van der Waals surface area contributed by atoms with Crippen LogP contribution in [0.4, 0.5) is 5.69 Å². The van der Waals surface area contributed by atoms with Gasteiger partial charge in [-0.05, 0) is 24.0 Å². The summed E-state index contributed by atoms with van der Waals surface area (Å²) in [7, 11) is 0. The molecule has 0 atom stereocenters. The number of fused-ring (bicyclic) bond motifs is 1. The molecule has 0 aromatic carbocycles. The largest absolute Gasteiger partial charge is 0.466 e. The van der Waals surface area contributed by atoms with Gasteiger partial charge in [-0.3, -0.25) is 4.79 Å². The van der Waals surface area contributed by atoms with Gasteiger partial charge in [-0.15, -0.1) is 0 Å². The first-order chi connectivity index (χ1) is 7.15. The number of pyridine rings is 1. The molecule has 1 N–H and O–H groups in total. The smallest absolute Gasteiger partial charge is 0.262 e. The minimum Gasteiger partial charge on any atom is -0.466 e. The van der Waals surface area contributed by atoms with Gasteiger partial charge in [0, 0.05) is 6.20 Å². The lowest BCUT2D eigenvalue weighted by molar-refractivity contribution is -0.118. The van der Waals surface area contributed by atoms with E-state index < -0.39 is 0 Å². The van der Waals surface area contributed by atoms with Gasteiger partial charge >= 0.3 is 0 Å². The Bertz CT molecular complexity index is 388. The SMILES string of the molecule is CC(C)Cc1cnc2c(c1)NC(=O)CO2. The van der Waals surface area contributed by atoms with Crippen molar-refractivity contribution in [3.63, 3.8) is 0 Å². The van der Waals surface area contributed by atoms with Crippen LogP contribution in [-0.2, 0) is 11.2 Å². The van der Waals surface area contributed by atoms with Gasteiger partial charge in [0.1, 0.15) is 5.69 Å². The predicted octanol–water partition coefficient (Wildman–Crippen LogP) is 1.61. The molecular formula is C11H14N2O2. The summed E-state index contributed by atoms with van der Waals surface area (Å²) in [5, 5.41) is 2.75. The Labute approximate surface area is 88.7 Å². The molecule has 1 aliphatic heterocycles. The number of rotatable bonds is 2. The van der Waals surface area contributed by atoms with E-state index in [0.29, 0.717) is 17.5 Å². The molecule has 4 nitrogen and oxygen atoms in total. The van der Waals surface area contributed by atoms with Crippen LogP contribution in [0.3, 0.4) is 0 Å². The fraction of sp³-hybridized carbons (Fsp3) is 0.455. The number of nitrogens with zero attached hydrogens (tertiary/aromatic N) is 1. The van der Waals surface area contributed by atoms with Crippen LogP contribution < -0.4 is 10.1 Å². The number of carbonyl (C=O) groups is 1. The van der Waals surface area contributed by atoms with Crippen molar-refractivity contribution >= 4 is 11.6 Å². The molecule has 80 valence electrons. The van der Waals surface area contributed by atoms with Crippen LogP contribution in [0.25, 0.3) is 0 Å². The molecule has 4 heteroatoms. The number of amides is 1. The van der Waals surface area contributed by atoms with Crippen molar-refractivity contribution in [3.8, 4) is 5.88 Å². The van der Waals surface area contributed by atoms with Crippen molar-refractivity contribution in [1.29, 1.82) is 0 Å². The average molecular weight is 206 g/mol. The molecule has 0 radical (unpaired) electrons. The van der Waals surface area contributed by atoms with Gasteiger partial charge in [-0.25, -0.2) is 4.98 Å². The lowest BCUT2D eigenvalue weighted by Crippen LogP contribution is -2.26. The van der Waals surface area contributed by atoms with Crippen LogP contribution in [0.5, 0.6) is 5.88 Å². The molecule has 0 fully saturated rings. The van der Waals surface area contributed by atoms with Gasteiger partial charge in [0.15, 0.2) is 6.61 Å². The lowest BCUT2D eigenvalue weighted by Gasteiger charge is -2.17. The van der Waals surface area contributed by atoms with Crippen molar-refractivity contribution in [2.75, 3.05) is 11.9 Å². The van der Waals surface area contributed by atoms with Crippen LogP contribution in [-0.4, -0.2) is 17.5 Å². The highest BCUT2D eigenvalue weighted by Crippen LogP contribution is 2.26. The number of aromatic nitrogens is 1. The van der Waals surface area contributed by atoms with E-state index in [1.165, 1.54) is 0 Å². The van der Waals surface area contributed by atoms with E-state index in [1.807, 2.05) is 6.07 Å². The normalized spacial score (nSPS) is 14.5. The molecule has 1 aliphatic rings. The van der Waals surface area contributed by atoms with E-state index >= 15 is 0 Å². The molecule has 0 bridgehead atoms. The Morgan fingerprint density at radius 2 is 2.40 bits per heavy atom. The minimum atomic E-state index is -0.119. The topological polar surface area (TPSA) is 51.2 Å². The van der Waals surface area contributed by atoms with Crippen molar-refractivity contribution in [2.45, 2.75) is 20.3 Å². The van der Waals surface area contributed by atoms with Crippen molar-refractivity contribution in [1.82, 2.24) is 4.98 Å². The van der Waals surface area contributed by atoms with Gasteiger partial charge in [0.25, 0.3) is 5.91 Å². The Balaban J connectivity index is 2.24. The zero-order chi connectivity index (χ0) is 10.8. The van der Waals surface area contributed by atoms with E-state index in [9.17, 15) is 4.79 Å². The third kappa shape index (κ3) is 2.26. The maximum absolute atomic E-state index is 11.1. The van der Waals surface area contributed by atoms with Gasteiger partial charge in [0.05, 0.1) is 0 Å². The highest BCUT2D eigenvalue weighted by atomic mass is 16.5. The number of ether oxygens (including phenoxy) is 1. The molecule has 15 heavy (non-hydrogen) atoms. The van der Waals surface area contributed by atoms with E-state index in [4.69, 9.17) is 4.74 Å². The van der Waals surface area contributed by atoms with Gasteiger partial charge < -0.3 is 10.1 Å². The Morgan fingerprint density at radius 3 is 3.13 bits per heavy atom. The molecule has 1 aromatic heterocycles. The molecule has 2 heterocycles. The second kappa shape index (κ2) is 3.88. The summed E-state index contributed by atoms with van der Waals surface area (Å²) < 4.78 is 5.17. The fourth-order valence-electron chi connectivity index (χ4n) is 1.60. The fourth-order valence-corrected chi connectivity index (χ4v) is 1.60. The Kier molecular flexibility index (Phi) is 2.58. The monoisotopic (exact) mass is 206 g/mol. The summed E-state index contributed by atoms with van der Waals surface area (Å²) >= 11 is 0. The molecule has 0 unspecified atom stereocenters. The number of nitrogens with one attached hydrogen (secondary N) is 1. The predicted molar refractivity (Wildman–Crippen MR) is 56.9 cm³/mol. The van der Waals surface area contributed by atoms with E-state index in [1.54, 1.807) is 6.20 Å². The van der Waals surface area contributed by atoms with Crippen LogP contribution in [0.1, 0.15) is 19.4 Å². The molecule has 1 amide bonds. The van der Waals surface area contributed by atoms with Crippen molar-refractivity contribution in [2.24, 2.45) is 5.92 Å². The first-order valence-corrected chi connectivity index (χ1v) is 5.06. The molecular weight excluding hydrogens is 192 g/mol. The van der Waals surface area contributed by atoms with Crippen LogP contribution in [0.15, 0.2) is 12.3 Å². The first kappa shape index (κ1) is 9.96. The molecule has 0 aliphatic carbocycles. The van der Waals surface area contributed by atoms with E-state index in [0.717, 1.165) is 12.0 Å². The van der Waals surface area contributed by atoms with Crippen LogP contribution >= 0.6 is 0 Å². The number of hydrogen-bond donors (Lipinski definition) is 1. The zero-order valence-electron chi connectivity index (χ0n) is 8.91. The molecule has 0 saturated heterocycles. The molecule has 0 spiro atoms. The quantitative estimate of drug-likeness (QED) is 0.799. The molecule has 0 saturated carbocycles. The summed E-state index contributed by atoms with van der Waals surface area (Å²) in [6.07, 6.45) is 2.76. The number of anilines is 1. The highest BCUT2D eigenvalue weighted by molar-refractivity contribution is 5.94. The Hall–Kier alpha value is -1.58. The van der Waals surface area contributed by atoms with E-state index in [-0.39, 0.29) is 12.5 Å². The third-order valence-corrected chi connectivity index (χ3v) is 2.17. The van der Waals surface area contributed by atoms with Crippen LogP contribution in [0, 0.1) is 5.92 Å². The van der Waals surface area contributed by atoms with Gasteiger partial charge in [0.2, 0.25) is 5.88 Å². The summed E-state index contributed by atoms with van der Waals surface area (Å²) in [5.41, 5.74) is 1.80. The standard InChI is InChI=1S/C11H14N2O2/c1-7(2)3-8-4-9-11(12-5-8)15-6-10(14)13-9/h4-5,7H,3,6H2,1-2H3,(H,13,14). The lowest BCUT2D eigenvalue weighted by atomic mass is 10.0.